The summed E-state index contributed by atoms with van der Waals surface area (Å²) in [6.45, 7) is 8.30. The van der Waals surface area contributed by atoms with Crippen LogP contribution in [-0.2, 0) is 0 Å². The lowest BCUT2D eigenvalue weighted by atomic mass is 9.97. The number of nitrogens with zero attached hydrogens (tertiary/aromatic N) is 2. The molecule has 3 nitrogen and oxygen atoms in total. The van der Waals surface area contributed by atoms with E-state index >= 15 is 0 Å². The number of benzene rings is 2. The third-order valence-electron chi connectivity index (χ3n) is 4.67. The maximum absolute atomic E-state index is 13.0. The Morgan fingerprint density at radius 2 is 1.88 bits per heavy atom. The Hall–Kier alpha value is -2.13. The number of carbonyl (C=O) groups excluding carboxylic acids is 1. The molecule has 0 radical (unpaired) electrons. The highest BCUT2D eigenvalue weighted by Crippen LogP contribution is 2.24. The molecule has 0 spiro atoms. The van der Waals surface area contributed by atoms with Gasteiger partial charge in [0.2, 0.25) is 0 Å². The highest BCUT2D eigenvalue weighted by Gasteiger charge is 2.29. The summed E-state index contributed by atoms with van der Waals surface area (Å²) < 4.78 is 0. The van der Waals surface area contributed by atoms with Gasteiger partial charge in [-0.05, 0) is 37.1 Å². The topological polar surface area (TPSA) is 32.7 Å². The molecule has 0 amide bonds. The second kappa shape index (κ2) is 7.40. The van der Waals surface area contributed by atoms with Gasteiger partial charge in [0.25, 0.3) is 0 Å². The molecule has 1 aliphatic heterocycles. The molecule has 1 aliphatic rings. The van der Waals surface area contributed by atoms with Crippen LogP contribution in [0.15, 0.2) is 53.5 Å². The van der Waals surface area contributed by atoms with E-state index in [1.807, 2.05) is 24.3 Å². The van der Waals surface area contributed by atoms with E-state index in [0.29, 0.717) is 22.1 Å². The maximum atomic E-state index is 13.0. The summed E-state index contributed by atoms with van der Waals surface area (Å²) in [5.41, 5.74) is 2.23. The molecule has 0 fully saturated rings. The van der Waals surface area contributed by atoms with Gasteiger partial charge in [-0.25, -0.2) is 0 Å². The van der Waals surface area contributed by atoms with Crippen LogP contribution in [0.2, 0.25) is 5.02 Å². The quantitative estimate of drug-likeness (QED) is 0.730. The first-order chi connectivity index (χ1) is 12.0. The second-order valence-corrected chi connectivity index (χ2v) is 7.12. The zero-order valence-electron chi connectivity index (χ0n) is 14.9. The van der Waals surface area contributed by atoms with Crippen LogP contribution < -0.4 is 0 Å². The Bertz CT molecular complexity index is 796. The van der Waals surface area contributed by atoms with Crippen molar-refractivity contribution in [2.75, 3.05) is 13.1 Å². The molecule has 0 saturated heterocycles. The van der Waals surface area contributed by atoms with Crippen molar-refractivity contribution in [1.82, 2.24) is 4.90 Å². The van der Waals surface area contributed by atoms with E-state index in [0.717, 1.165) is 24.5 Å². The summed E-state index contributed by atoms with van der Waals surface area (Å²) in [6.07, 6.45) is 0. The van der Waals surface area contributed by atoms with E-state index in [9.17, 15) is 4.79 Å². The zero-order chi connectivity index (χ0) is 18.0. The van der Waals surface area contributed by atoms with Crippen LogP contribution in [0.4, 0.5) is 0 Å². The maximum Gasteiger partial charge on any atom is 0.193 e. The molecule has 1 atom stereocenters. The first-order valence-corrected chi connectivity index (χ1v) is 9.11. The van der Waals surface area contributed by atoms with Gasteiger partial charge in [0.05, 0.1) is 6.04 Å². The van der Waals surface area contributed by atoms with E-state index in [1.54, 1.807) is 24.3 Å². The van der Waals surface area contributed by atoms with Crippen molar-refractivity contribution in [3.05, 3.63) is 70.2 Å². The molecule has 0 bridgehead atoms. The van der Waals surface area contributed by atoms with Crippen molar-refractivity contribution in [1.29, 1.82) is 0 Å². The molecule has 1 unspecified atom stereocenters. The second-order valence-electron chi connectivity index (χ2n) is 6.68. The summed E-state index contributed by atoms with van der Waals surface area (Å²) in [7, 11) is 0. The van der Waals surface area contributed by atoms with Crippen LogP contribution in [0.25, 0.3) is 0 Å². The van der Waals surface area contributed by atoms with Gasteiger partial charge in [0.15, 0.2) is 5.78 Å². The van der Waals surface area contributed by atoms with Gasteiger partial charge < -0.3 is 4.90 Å². The lowest BCUT2D eigenvalue weighted by Crippen LogP contribution is -2.31. The van der Waals surface area contributed by atoms with Crippen LogP contribution in [0.3, 0.4) is 0 Å². The Morgan fingerprint density at radius 1 is 1.20 bits per heavy atom. The zero-order valence-corrected chi connectivity index (χ0v) is 15.6. The van der Waals surface area contributed by atoms with Gasteiger partial charge >= 0.3 is 0 Å². The molecule has 3 rings (SSSR count). The first-order valence-electron chi connectivity index (χ1n) is 8.73. The molecule has 25 heavy (non-hydrogen) atoms. The molecular weight excluding hydrogens is 332 g/mol. The van der Waals surface area contributed by atoms with Crippen molar-refractivity contribution in [2.45, 2.75) is 26.8 Å². The Balaban J connectivity index is 2.02. The van der Waals surface area contributed by atoms with Crippen molar-refractivity contribution >= 4 is 23.2 Å². The number of rotatable bonds is 5. The molecular formula is C21H23ClN2O. The minimum Gasteiger partial charge on any atom is -0.355 e. The summed E-state index contributed by atoms with van der Waals surface area (Å²) in [5.74, 6) is 1.41. The highest BCUT2D eigenvalue weighted by atomic mass is 35.5. The SMILES string of the molecule is CCN1CC(C(C)C)N=C1c1ccccc1C(=O)c1ccc(Cl)cc1. The Morgan fingerprint density at radius 3 is 2.52 bits per heavy atom. The normalized spacial score (nSPS) is 17.1. The van der Waals surface area contributed by atoms with Crippen molar-refractivity contribution in [2.24, 2.45) is 10.9 Å². The fourth-order valence-electron chi connectivity index (χ4n) is 3.10. The lowest BCUT2D eigenvalue weighted by molar-refractivity contribution is 0.103. The molecule has 1 heterocycles. The number of halogens is 1. The fourth-order valence-corrected chi connectivity index (χ4v) is 3.23. The predicted octanol–water partition coefficient (Wildman–Crippen LogP) is 4.68. The summed E-state index contributed by atoms with van der Waals surface area (Å²) in [5, 5.41) is 0.627. The predicted molar refractivity (Wildman–Crippen MR) is 104 cm³/mol. The Labute approximate surface area is 154 Å². The average Bonchev–Trinajstić information content (AvgIpc) is 3.06. The number of hydrogen-bond acceptors (Lipinski definition) is 3. The third kappa shape index (κ3) is 3.62. The van der Waals surface area contributed by atoms with Crippen LogP contribution in [0, 0.1) is 5.92 Å². The van der Waals surface area contributed by atoms with Crippen molar-refractivity contribution < 1.29 is 4.79 Å². The summed E-state index contributed by atoms with van der Waals surface area (Å²) in [4.78, 5) is 20.2. The molecule has 0 aliphatic carbocycles. The van der Waals surface area contributed by atoms with E-state index in [-0.39, 0.29) is 11.8 Å². The van der Waals surface area contributed by atoms with Crippen LogP contribution >= 0.6 is 11.6 Å². The number of hydrogen-bond donors (Lipinski definition) is 0. The van der Waals surface area contributed by atoms with Crippen LogP contribution in [0.5, 0.6) is 0 Å². The molecule has 0 N–H and O–H groups in total. The van der Waals surface area contributed by atoms with Gasteiger partial charge in [0.1, 0.15) is 5.84 Å². The van der Waals surface area contributed by atoms with E-state index < -0.39 is 0 Å². The smallest absolute Gasteiger partial charge is 0.193 e. The largest absolute Gasteiger partial charge is 0.355 e. The number of aliphatic imine (C=N–C) groups is 1. The minimum absolute atomic E-state index is 0.000910. The molecule has 4 heteroatoms. The average molecular weight is 355 g/mol. The van der Waals surface area contributed by atoms with Gasteiger partial charge in [-0.15, -0.1) is 0 Å². The van der Waals surface area contributed by atoms with Gasteiger partial charge in [-0.3, -0.25) is 9.79 Å². The fraction of sp³-hybridized carbons (Fsp3) is 0.333. The van der Waals surface area contributed by atoms with Crippen molar-refractivity contribution in [3.8, 4) is 0 Å². The number of likely N-dealkylation sites (N-methyl/N-ethyl adjacent to an activating group) is 1. The molecule has 2 aromatic carbocycles. The molecule has 130 valence electrons. The van der Waals surface area contributed by atoms with Gasteiger partial charge in [-0.1, -0.05) is 49.7 Å². The monoisotopic (exact) mass is 354 g/mol. The molecule has 2 aromatic rings. The standard InChI is InChI=1S/C21H23ClN2O/c1-4-24-13-19(14(2)3)23-21(24)18-8-6-5-7-17(18)20(25)15-9-11-16(22)12-10-15/h5-12,14,19H,4,13H2,1-3H3. The molecule has 0 saturated carbocycles. The van der Waals surface area contributed by atoms with E-state index in [4.69, 9.17) is 16.6 Å². The van der Waals surface area contributed by atoms with Crippen molar-refractivity contribution in [3.63, 3.8) is 0 Å². The summed E-state index contributed by atoms with van der Waals surface area (Å²) in [6, 6.07) is 15.0. The van der Waals surface area contributed by atoms with E-state index in [2.05, 4.69) is 25.7 Å². The van der Waals surface area contributed by atoms with Gasteiger partial charge in [0, 0.05) is 34.8 Å². The minimum atomic E-state index is -0.000910. The first kappa shape index (κ1) is 17.7. The number of carbonyl (C=O) groups is 1. The number of amidine groups is 1. The van der Waals surface area contributed by atoms with Crippen LogP contribution in [-0.4, -0.2) is 35.7 Å². The van der Waals surface area contributed by atoms with Crippen LogP contribution in [0.1, 0.15) is 42.3 Å². The number of ketones is 1. The molecule has 0 aromatic heterocycles. The van der Waals surface area contributed by atoms with Gasteiger partial charge in [-0.2, -0.15) is 0 Å². The Kier molecular flexibility index (Phi) is 5.24. The lowest BCUT2D eigenvalue weighted by Gasteiger charge is -2.21. The summed E-state index contributed by atoms with van der Waals surface area (Å²) >= 11 is 5.94. The highest BCUT2D eigenvalue weighted by molar-refractivity contribution is 6.30. The van der Waals surface area contributed by atoms with E-state index in [1.165, 1.54) is 0 Å². The third-order valence-corrected chi connectivity index (χ3v) is 4.92.